The molecule has 0 aliphatic rings. The van der Waals surface area contributed by atoms with Crippen molar-refractivity contribution < 1.29 is 13.9 Å². The van der Waals surface area contributed by atoms with E-state index in [0.29, 0.717) is 32.5 Å². The minimum atomic E-state index is -0.421. The lowest BCUT2D eigenvalue weighted by Crippen LogP contribution is -2.17. The van der Waals surface area contributed by atoms with E-state index >= 15 is 0 Å². The Morgan fingerprint density at radius 3 is 2.57 bits per heavy atom. The molecule has 142 valence electrons. The molecule has 3 aromatic carbocycles. The number of hydrazone groups is 1. The molecule has 0 saturated heterocycles. The molecule has 4 nitrogen and oxygen atoms in total. The monoisotopic (exact) mass is 416 g/mol. The zero-order chi connectivity index (χ0) is 19.9. The highest BCUT2D eigenvalue weighted by molar-refractivity contribution is 6.31. The summed E-state index contributed by atoms with van der Waals surface area (Å²) < 4.78 is 19.4. The third kappa shape index (κ3) is 5.31. The maximum Gasteiger partial charge on any atom is 0.271 e. The second kappa shape index (κ2) is 9.35. The predicted octanol–water partition coefficient (Wildman–Crippen LogP) is 5.48. The van der Waals surface area contributed by atoms with Crippen LogP contribution in [0.5, 0.6) is 5.75 Å². The molecule has 0 aliphatic carbocycles. The van der Waals surface area contributed by atoms with Crippen molar-refractivity contribution in [1.29, 1.82) is 0 Å². The van der Waals surface area contributed by atoms with Gasteiger partial charge in [-0.15, -0.1) is 0 Å². The molecular weight excluding hydrogens is 402 g/mol. The molecule has 0 heterocycles. The van der Waals surface area contributed by atoms with E-state index in [9.17, 15) is 9.18 Å². The topological polar surface area (TPSA) is 50.7 Å². The maximum atomic E-state index is 13.8. The average molecular weight is 417 g/mol. The molecule has 0 saturated carbocycles. The first-order valence-corrected chi connectivity index (χ1v) is 9.03. The zero-order valence-corrected chi connectivity index (χ0v) is 16.0. The number of nitrogens with one attached hydrogen (secondary N) is 1. The fourth-order valence-corrected chi connectivity index (χ4v) is 2.69. The number of rotatable bonds is 6. The lowest BCUT2D eigenvalue weighted by molar-refractivity contribution is 0.0955. The van der Waals surface area contributed by atoms with Crippen LogP contribution in [0.15, 0.2) is 71.8 Å². The van der Waals surface area contributed by atoms with Gasteiger partial charge in [0.1, 0.15) is 18.2 Å². The number of hydrogen-bond donors (Lipinski definition) is 1. The van der Waals surface area contributed by atoms with Crippen LogP contribution in [0.25, 0.3) is 0 Å². The zero-order valence-electron chi connectivity index (χ0n) is 14.5. The molecule has 28 heavy (non-hydrogen) atoms. The molecule has 1 amide bonds. The summed E-state index contributed by atoms with van der Waals surface area (Å²) in [6.45, 7) is -0.000590. The number of carbonyl (C=O) groups is 1. The number of benzene rings is 3. The Bertz CT molecular complexity index is 987. The smallest absolute Gasteiger partial charge is 0.271 e. The highest BCUT2D eigenvalue weighted by Crippen LogP contribution is 2.21. The minimum Gasteiger partial charge on any atom is -0.489 e. The van der Waals surface area contributed by atoms with E-state index in [1.807, 2.05) is 0 Å². The maximum absolute atomic E-state index is 13.8. The van der Waals surface area contributed by atoms with Crippen LogP contribution in [0.4, 0.5) is 4.39 Å². The summed E-state index contributed by atoms with van der Waals surface area (Å²) in [5.74, 6) is -0.253. The van der Waals surface area contributed by atoms with Gasteiger partial charge in [0.25, 0.3) is 5.91 Å². The van der Waals surface area contributed by atoms with Crippen LogP contribution in [-0.4, -0.2) is 12.1 Å². The second-order valence-electron chi connectivity index (χ2n) is 5.77. The van der Waals surface area contributed by atoms with Crippen molar-refractivity contribution in [2.24, 2.45) is 5.10 Å². The molecule has 0 aliphatic heterocycles. The molecule has 0 spiro atoms. The first-order valence-electron chi connectivity index (χ1n) is 8.27. The number of halogens is 3. The fraction of sp³-hybridized carbons (Fsp3) is 0.0476. The van der Waals surface area contributed by atoms with Gasteiger partial charge in [-0.2, -0.15) is 5.10 Å². The number of nitrogens with zero attached hydrogens (tertiary/aromatic N) is 1. The Hall–Kier alpha value is -2.89. The van der Waals surface area contributed by atoms with E-state index in [4.69, 9.17) is 27.9 Å². The van der Waals surface area contributed by atoms with Gasteiger partial charge in [-0.05, 0) is 54.1 Å². The van der Waals surface area contributed by atoms with Crippen molar-refractivity contribution in [3.05, 3.63) is 99.3 Å². The third-order valence-electron chi connectivity index (χ3n) is 3.79. The Kier molecular flexibility index (Phi) is 6.63. The first kappa shape index (κ1) is 19.9. The third-order valence-corrected chi connectivity index (χ3v) is 4.40. The van der Waals surface area contributed by atoms with Crippen molar-refractivity contribution >= 4 is 35.3 Å². The van der Waals surface area contributed by atoms with Gasteiger partial charge in [-0.1, -0.05) is 41.4 Å². The fourth-order valence-electron chi connectivity index (χ4n) is 2.34. The molecule has 0 bridgehead atoms. The molecule has 0 aromatic heterocycles. The number of carbonyl (C=O) groups excluding carboxylic acids is 1. The predicted molar refractivity (Wildman–Crippen MR) is 109 cm³/mol. The van der Waals surface area contributed by atoms with Crippen molar-refractivity contribution in [3.8, 4) is 5.75 Å². The Morgan fingerprint density at radius 2 is 1.82 bits per heavy atom. The van der Waals surface area contributed by atoms with Gasteiger partial charge in [-0.3, -0.25) is 4.79 Å². The summed E-state index contributed by atoms with van der Waals surface area (Å²) in [5, 5.41) is 4.79. The van der Waals surface area contributed by atoms with Gasteiger partial charge in [0.2, 0.25) is 0 Å². The van der Waals surface area contributed by atoms with E-state index in [-0.39, 0.29) is 12.5 Å². The van der Waals surface area contributed by atoms with E-state index < -0.39 is 5.82 Å². The lowest BCUT2D eigenvalue weighted by atomic mass is 10.2. The SMILES string of the molecule is O=C(N/N=C/c1cccc(OCc2c(F)cccc2Cl)c1)c1ccc(Cl)cc1. The largest absolute Gasteiger partial charge is 0.489 e. The molecule has 0 radical (unpaired) electrons. The molecule has 0 fully saturated rings. The van der Waals surface area contributed by atoms with Gasteiger partial charge < -0.3 is 4.74 Å². The van der Waals surface area contributed by atoms with E-state index in [2.05, 4.69) is 10.5 Å². The van der Waals surface area contributed by atoms with E-state index in [1.165, 1.54) is 18.3 Å². The van der Waals surface area contributed by atoms with Crippen LogP contribution in [0.3, 0.4) is 0 Å². The average Bonchev–Trinajstić information content (AvgIpc) is 2.68. The Morgan fingerprint density at radius 1 is 1.07 bits per heavy atom. The molecule has 0 atom stereocenters. The molecular formula is C21H15Cl2FN2O2. The summed E-state index contributed by atoms with van der Waals surface area (Å²) >= 11 is 11.8. The Labute approximate surface area is 171 Å². The highest BCUT2D eigenvalue weighted by Gasteiger charge is 2.08. The van der Waals surface area contributed by atoms with Crippen LogP contribution in [0, 0.1) is 5.82 Å². The number of amides is 1. The Balaban J connectivity index is 1.60. The standard InChI is InChI=1S/C21H15Cl2FN2O2/c22-16-9-7-15(8-10-16)21(27)26-25-12-14-3-1-4-17(11-14)28-13-18-19(23)5-2-6-20(18)24/h1-12H,13H2,(H,26,27)/b25-12+. The van der Waals surface area contributed by atoms with Crippen LogP contribution in [0.2, 0.25) is 10.0 Å². The van der Waals surface area contributed by atoms with Crippen molar-refractivity contribution in [1.82, 2.24) is 5.43 Å². The molecule has 3 rings (SSSR count). The van der Waals surface area contributed by atoms with Crippen LogP contribution in [-0.2, 0) is 6.61 Å². The van der Waals surface area contributed by atoms with Crippen molar-refractivity contribution in [3.63, 3.8) is 0 Å². The molecule has 0 unspecified atom stereocenters. The summed E-state index contributed by atoms with van der Waals surface area (Å²) in [6, 6.07) is 18.0. The quantitative estimate of drug-likeness (QED) is 0.427. The normalized spacial score (nSPS) is 10.8. The van der Waals surface area contributed by atoms with E-state index in [0.717, 1.165) is 0 Å². The van der Waals surface area contributed by atoms with Gasteiger partial charge in [-0.25, -0.2) is 9.82 Å². The first-order chi connectivity index (χ1) is 13.5. The number of hydrogen-bond acceptors (Lipinski definition) is 3. The summed E-state index contributed by atoms with van der Waals surface area (Å²) in [4.78, 5) is 12.0. The minimum absolute atomic E-state index is 0.000590. The summed E-state index contributed by atoms with van der Waals surface area (Å²) in [7, 11) is 0. The van der Waals surface area contributed by atoms with E-state index in [1.54, 1.807) is 54.6 Å². The second-order valence-corrected chi connectivity index (χ2v) is 6.61. The molecule has 1 N–H and O–H groups in total. The highest BCUT2D eigenvalue weighted by atomic mass is 35.5. The lowest BCUT2D eigenvalue weighted by Gasteiger charge is -2.09. The summed E-state index contributed by atoms with van der Waals surface area (Å²) in [5.41, 5.74) is 3.88. The van der Waals surface area contributed by atoms with Crippen LogP contribution in [0.1, 0.15) is 21.5 Å². The van der Waals surface area contributed by atoms with Crippen LogP contribution >= 0.6 is 23.2 Å². The van der Waals surface area contributed by atoms with Gasteiger partial charge in [0.05, 0.1) is 11.2 Å². The van der Waals surface area contributed by atoms with Crippen LogP contribution < -0.4 is 10.2 Å². The van der Waals surface area contributed by atoms with Crippen molar-refractivity contribution in [2.75, 3.05) is 0 Å². The van der Waals surface area contributed by atoms with Gasteiger partial charge in [0, 0.05) is 16.1 Å². The molecule has 3 aromatic rings. The number of ether oxygens (including phenoxy) is 1. The van der Waals surface area contributed by atoms with Gasteiger partial charge in [0.15, 0.2) is 0 Å². The summed E-state index contributed by atoms with van der Waals surface area (Å²) in [6.07, 6.45) is 1.48. The molecule has 7 heteroatoms. The van der Waals surface area contributed by atoms with Crippen molar-refractivity contribution in [2.45, 2.75) is 6.61 Å². The van der Waals surface area contributed by atoms with Gasteiger partial charge >= 0.3 is 0 Å².